The number of rotatable bonds is 6. The molecule has 2 saturated carbocycles. The lowest BCUT2D eigenvalue weighted by Gasteiger charge is -2.11. The van der Waals surface area contributed by atoms with Crippen molar-refractivity contribution in [3.05, 3.63) is 11.7 Å². The molecule has 2 aliphatic carbocycles. The first-order chi connectivity index (χ1) is 9.45. The van der Waals surface area contributed by atoms with Crippen LogP contribution in [0, 0.1) is 0 Å². The van der Waals surface area contributed by atoms with E-state index in [0.29, 0.717) is 11.7 Å². The molecule has 0 radical (unpaired) electrons. The maximum atomic E-state index is 12.1. The minimum atomic E-state index is -3.63. The van der Waals surface area contributed by atoms with E-state index < -0.39 is 21.0 Å². The molecule has 0 unspecified atom stereocenters. The second-order valence-corrected chi connectivity index (χ2v) is 7.87. The molecule has 0 spiro atoms. The molecule has 1 amide bonds. The highest BCUT2D eigenvalue weighted by Crippen LogP contribution is 2.38. The minimum absolute atomic E-state index is 0.0676. The van der Waals surface area contributed by atoms with E-state index in [4.69, 9.17) is 4.52 Å². The van der Waals surface area contributed by atoms with Crippen LogP contribution < -0.4 is 5.32 Å². The fourth-order valence-corrected chi connectivity index (χ4v) is 2.95. The van der Waals surface area contributed by atoms with Crippen LogP contribution in [0.1, 0.15) is 50.2 Å². The first-order valence-electron chi connectivity index (χ1n) is 6.80. The first-order valence-corrected chi connectivity index (χ1v) is 8.51. The van der Waals surface area contributed by atoms with Gasteiger partial charge in [-0.25, -0.2) is 8.42 Å². The van der Waals surface area contributed by atoms with Gasteiger partial charge >= 0.3 is 0 Å². The van der Waals surface area contributed by atoms with Crippen LogP contribution in [0.4, 0.5) is 0 Å². The van der Waals surface area contributed by atoms with Crippen LogP contribution in [0.2, 0.25) is 0 Å². The van der Waals surface area contributed by atoms with Crippen molar-refractivity contribution in [3.8, 4) is 0 Å². The number of amides is 1. The third-order valence-corrected chi connectivity index (χ3v) is 5.52. The lowest BCUT2D eigenvalue weighted by atomic mass is 10.4. The SMILES string of the molecule is C[C@H](C(=O)NC1CC1)S(=O)(=O)Cc1nc(C2CC2)no1. The van der Waals surface area contributed by atoms with E-state index in [1.54, 1.807) is 0 Å². The Balaban J connectivity index is 1.64. The molecular formula is C12H17N3O4S. The molecule has 0 bridgehead atoms. The van der Waals surface area contributed by atoms with Gasteiger partial charge in [0.15, 0.2) is 15.7 Å². The van der Waals surface area contributed by atoms with E-state index in [9.17, 15) is 13.2 Å². The summed E-state index contributed by atoms with van der Waals surface area (Å²) in [5.41, 5.74) is 0. The van der Waals surface area contributed by atoms with Crippen molar-refractivity contribution in [2.45, 2.75) is 55.6 Å². The number of carbonyl (C=O) groups is 1. The Morgan fingerprint density at radius 2 is 2.10 bits per heavy atom. The number of hydrogen-bond donors (Lipinski definition) is 1. The molecule has 1 atom stereocenters. The van der Waals surface area contributed by atoms with Crippen LogP contribution >= 0.6 is 0 Å². The van der Waals surface area contributed by atoms with E-state index in [2.05, 4.69) is 15.5 Å². The summed E-state index contributed by atoms with van der Waals surface area (Å²) >= 11 is 0. The smallest absolute Gasteiger partial charge is 0.241 e. The van der Waals surface area contributed by atoms with Crippen LogP contribution in [0.3, 0.4) is 0 Å². The van der Waals surface area contributed by atoms with Gasteiger partial charge in [0.25, 0.3) is 0 Å². The van der Waals surface area contributed by atoms with Crippen molar-refractivity contribution >= 4 is 15.7 Å². The zero-order valence-electron chi connectivity index (χ0n) is 11.2. The third-order valence-electron chi connectivity index (χ3n) is 3.58. The Bertz CT molecular complexity index is 616. The summed E-state index contributed by atoms with van der Waals surface area (Å²) in [6.45, 7) is 1.39. The van der Waals surface area contributed by atoms with E-state index in [0.717, 1.165) is 25.7 Å². The van der Waals surface area contributed by atoms with Crippen LogP contribution in [0.15, 0.2) is 4.52 Å². The molecule has 1 aromatic heterocycles. The van der Waals surface area contributed by atoms with Crippen molar-refractivity contribution in [3.63, 3.8) is 0 Å². The Morgan fingerprint density at radius 3 is 2.70 bits per heavy atom. The Kier molecular flexibility index (Phi) is 3.27. The van der Waals surface area contributed by atoms with Gasteiger partial charge in [0.2, 0.25) is 11.8 Å². The van der Waals surface area contributed by atoms with Gasteiger partial charge < -0.3 is 9.84 Å². The van der Waals surface area contributed by atoms with E-state index in [1.165, 1.54) is 6.92 Å². The number of sulfone groups is 1. The maximum absolute atomic E-state index is 12.1. The average Bonchev–Trinajstić information content (AvgIpc) is 3.30. The largest absolute Gasteiger partial charge is 0.352 e. The molecule has 3 rings (SSSR count). The van der Waals surface area contributed by atoms with Crippen LogP contribution in [-0.4, -0.2) is 35.8 Å². The highest BCUT2D eigenvalue weighted by molar-refractivity contribution is 7.92. The quantitative estimate of drug-likeness (QED) is 0.822. The fraction of sp³-hybridized carbons (Fsp3) is 0.750. The molecule has 2 aliphatic rings. The highest BCUT2D eigenvalue weighted by atomic mass is 32.2. The highest BCUT2D eigenvalue weighted by Gasteiger charge is 2.34. The van der Waals surface area contributed by atoms with Crippen molar-refractivity contribution in [1.29, 1.82) is 0 Å². The molecular weight excluding hydrogens is 282 g/mol. The van der Waals surface area contributed by atoms with Crippen molar-refractivity contribution in [2.24, 2.45) is 0 Å². The standard InChI is InChI=1S/C12H17N3O4S/c1-7(12(16)13-9-4-5-9)20(17,18)6-10-14-11(15-19-10)8-2-3-8/h7-9H,2-6H2,1H3,(H,13,16)/t7-/m1/s1. The van der Waals surface area contributed by atoms with Crippen molar-refractivity contribution < 1.29 is 17.7 Å². The lowest BCUT2D eigenvalue weighted by Crippen LogP contribution is -2.39. The van der Waals surface area contributed by atoms with Crippen LogP contribution in [-0.2, 0) is 20.4 Å². The van der Waals surface area contributed by atoms with Gasteiger partial charge in [0, 0.05) is 12.0 Å². The van der Waals surface area contributed by atoms with Gasteiger partial charge in [0.05, 0.1) is 0 Å². The number of aromatic nitrogens is 2. The summed E-state index contributed by atoms with van der Waals surface area (Å²) < 4.78 is 29.3. The van der Waals surface area contributed by atoms with Gasteiger partial charge in [-0.1, -0.05) is 5.16 Å². The Hall–Kier alpha value is -1.44. The number of nitrogens with one attached hydrogen (secondary N) is 1. The van der Waals surface area contributed by atoms with E-state index in [-0.39, 0.29) is 17.7 Å². The molecule has 20 heavy (non-hydrogen) atoms. The molecule has 110 valence electrons. The Morgan fingerprint density at radius 1 is 1.40 bits per heavy atom. The predicted octanol–water partition coefficient (Wildman–Crippen LogP) is 0.529. The number of carbonyl (C=O) groups excluding carboxylic acids is 1. The van der Waals surface area contributed by atoms with Crippen LogP contribution in [0.5, 0.6) is 0 Å². The summed E-state index contributed by atoms with van der Waals surface area (Å²) in [5, 5.41) is 5.37. The molecule has 1 N–H and O–H groups in total. The zero-order valence-corrected chi connectivity index (χ0v) is 12.0. The molecule has 8 heteroatoms. The second-order valence-electron chi connectivity index (χ2n) is 5.55. The zero-order chi connectivity index (χ0) is 14.3. The van der Waals surface area contributed by atoms with Crippen molar-refractivity contribution in [2.75, 3.05) is 0 Å². The second kappa shape index (κ2) is 4.83. The van der Waals surface area contributed by atoms with Gasteiger partial charge in [-0.3, -0.25) is 4.79 Å². The van der Waals surface area contributed by atoms with Gasteiger partial charge in [0.1, 0.15) is 11.0 Å². The lowest BCUT2D eigenvalue weighted by molar-refractivity contribution is -0.120. The Labute approximate surface area is 117 Å². The van der Waals surface area contributed by atoms with E-state index in [1.807, 2.05) is 0 Å². The molecule has 2 fully saturated rings. The molecule has 1 heterocycles. The monoisotopic (exact) mass is 299 g/mol. The maximum Gasteiger partial charge on any atom is 0.241 e. The number of nitrogens with zero attached hydrogens (tertiary/aromatic N) is 2. The van der Waals surface area contributed by atoms with Gasteiger partial charge in [-0.2, -0.15) is 4.98 Å². The average molecular weight is 299 g/mol. The normalized spacial score (nSPS) is 20.6. The van der Waals surface area contributed by atoms with E-state index >= 15 is 0 Å². The topological polar surface area (TPSA) is 102 Å². The first kappa shape index (κ1) is 13.5. The summed E-state index contributed by atoms with van der Waals surface area (Å²) in [4.78, 5) is 15.9. The van der Waals surface area contributed by atoms with Gasteiger partial charge in [-0.05, 0) is 32.6 Å². The molecule has 0 saturated heterocycles. The fourth-order valence-electron chi connectivity index (χ4n) is 1.84. The molecule has 0 aromatic carbocycles. The van der Waals surface area contributed by atoms with Crippen LogP contribution in [0.25, 0.3) is 0 Å². The molecule has 1 aromatic rings. The van der Waals surface area contributed by atoms with Gasteiger partial charge in [-0.15, -0.1) is 0 Å². The summed E-state index contributed by atoms with van der Waals surface area (Å²) in [7, 11) is -3.63. The molecule has 7 nitrogen and oxygen atoms in total. The van der Waals surface area contributed by atoms with Crippen molar-refractivity contribution in [1.82, 2.24) is 15.5 Å². The number of hydrogen-bond acceptors (Lipinski definition) is 6. The summed E-state index contributed by atoms with van der Waals surface area (Å²) in [6.07, 6.45) is 3.89. The summed E-state index contributed by atoms with van der Waals surface area (Å²) in [5.74, 6) is 0.120. The third kappa shape index (κ3) is 3.00. The predicted molar refractivity (Wildman–Crippen MR) is 69.5 cm³/mol. The minimum Gasteiger partial charge on any atom is -0.352 e. The summed E-state index contributed by atoms with van der Waals surface area (Å²) in [6, 6.07) is 0.144. The molecule has 0 aliphatic heterocycles.